The molecule has 18 heavy (non-hydrogen) atoms. The van der Waals surface area contributed by atoms with Crippen LogP contribution in [0.15, 0.2) is 15.9 Å². The van der Waals surface area contributed by atoms with Gasteiger partial charge in [0.05, 0.1) is 11.2 Å². The number of nitrogens with two attached hydrogens (primary N) is 1. The number of aromatic nitrogens is 1. The number of amides is 1. The summed E-state index contributed by atoms with van der Waals surface area (Å²) in [6.45, 7) is 1.90. The highest BCUT2D eigenvalue weighted by molar-refractivity contribution is 7.99. The zero-order valence-corrected chi connectivity index (χ0v) is 11.5. The Balaban J connectivity index is 2.04. The summed E-state index contributed by atoms with van der Waals surface area (Å²) in [5.74, 6) is -0.265. The first-order valence-corrected chi connectivity index (χ1v) is 7.01. The smallest absolute Gasteiger partial charge is 0.256 e. The average Bonchev–Trinajstić information content (AvgIpc) is 2.74. The second kappa shape index (κ2) is 5.32. The van der Waals surface area contributed by atoms with E-state index in [2.05, 4.69) is 10.3 Å². The van der Waals surface area contributed by atoms with Crippen molar-refractivity contribution >= 4 is 17.7 Å². The molecule has 1 aromatic heterocycles. The molecule has 1 fully saturated rings. The van der Waals surface area contributed by atoms with Gasteiger partial charge in [-0.2, -0.15) is 0 Å². The second-order valence-electron chi connectivity index (χ2n) is 4.79. The van der Waals surface area contributed by atoms with Gasteiger partial charge in [-0.15, -0.1) is 0 Å². The van der Waals surface area contributed by atoms with Crippen LogP contribution in [-0.2, 0) is 4.79 Å². The second-order valence-corrected chi connectivity index (χ2v) is 6.04. The quantitative estimate of drug-likeness (QED) is 0.865. The first-order valence-electron chi connectivity index (χ1n) is 6.13. The number of aryl methyl sites for hydroxylation is 1. The summed E-state index contributed by atoms with van der Waals surface area (Å²) in [6, 6.07) is 0. The van der Waals surface area contributed by atoms with E-state index in [9.17, 15) is 4.79 Å². The molecule has 0 aromatic carbocycles. The van der Waals surface area contributed by atoms with Gasteiger partial charge in [-0.3, -0.25) is 4.79 Å². The van der Waals surface area contributed by atoms with Crippen molar-refractivity contribution in [3.05, 3.63) is 12.0 Å². The first kappa shape index (κ1) is 13.4. The lowest BCUT2D eigenvalue weighted by molar-refractivity contribution is -0.125. The maximum Gasteiger partial charge on any atom is 0.256 e. The molecular formula is C12H19N3O2S. The molecule has 0 saturated heterocycles. The minimum Gasteiger partial charge on any atom is -0.440 e. The van der Waals surface area contributed by atoms with Crippen LogP contribution in [0.1, 0.15) is 31.4 Å². The molecule has 2 rings (SSSR count). The number of likely N-dealkylation sites (N-methyl/N-ethyl adjacent to an activating group) is 1. The average molecular weight is 269 g/mol. The van der Waals surface area contributed by atoms with Crippen LogP contribution in [0.25, 0.3) is 0 Å². The molecule has 0 aliphatic heterocycles. The number of primary amides is 1. The molecule has 2 unspecified atom stereocenters. The van der Waals surface area contributed by atoms with E-state index in [1.165, 1.54) is 0 Å². The molecule has 5 nitrogen and oxygen atoms in total. The topological polar surface area (TPSA) is 81.1 Å². The number of hydrogen-bond acceptors (Lipinski definition) is 5. The standard InChI is InChI=1S/C12H19N3O2S/c1-8-7-17-11(15-8)18-9-4-3-5-12(6-9,14-2)10(13)16/h7,9,14H,3-6H2,1-2H3,(H2,13,16). The number of carbonyl (C=O) groups excluding carboxylic acids is 1. The van der Waals surface area contributed by atoms with Gasteiger partial charge in [0.2, 0.25) is 5.91 Å². The molecule has 1 aliphatic carbocycles. The van der Waals surface area contributed by atoms with E-state index in [1.54, 1.807) is 25.1 Å². The van der Waals surface area contributed by atoms with E-state index in [4.69, 9.17) is 10.2 Å². The monoisotopic (exact) mass is 269 g/mol. The van der Waals surface area contributed by atoms with Gasteiger partial charge in [0.15, 0.2) is 0 Å². The third kappa shape index (κ3) is 2.70. The molecule has 1 aliphatic rings. The molecule has 1 amide bonds. The Kier molecular flexibility index (Phi) is 3.97. The van der Waals surface area contributed by atoms with Crippen molar-refractivity contribution in [3.63, 3.8) is 0 Å². The van der Waals surface area contributed by atoms with Gasteiger partial charge in [-0.25, -0.2) is 4.98 Å². The number of nitrogens with one attached hydrogen (secondary N) is 1. The van der Waals surface area contributed by atoms with Crippen molar-refractivity contribution in [3.8, 4) is 0 Å². The van der Waals surface area contributed by atoms with Crippen molar-refractivity contribution in [2.75, 3.05) is 7.05 Å². The maximum atomic E-state index is 11.6. The fraction of sp³-hybridized carbons (Fsp3) is 0.667. The molecule has 1 heterocycles. The van der Waals surface area contributed by atoms with E-state index < -0.39 is 5.54 Å². The van der Waals surface area contributed by atoms with Crippen LogP contribution in [-0.4, -0.2) is 28.7 Å². The Labute approximate surface area is 111 Å². The fourth-order valence-electron chi connectivity index (χ4n) is 2.43. The van der Waals surface area contributed by atoms with E-state index in [1.807, 2.05) is 6.92 Å². The normalized spacial score (nSPS) is 28.2. The molecule has 1 saturated carbocycles. The summed E-state index contributed by atoms with van der Waals surface area (Å²) in [7, 11) is 1.80. The van der Waals surface area contributed by atoms with E-state index in [0.717, 1.165) is 31.4 Å². The van der Waals surface area contributed by atoms with Crippen LogP contribution < -0.4 is 11.1 Å². The van der Waals surface area contributed by atoms with Gasteiger partial charge < -0.3 is 15.5 Å². The van der Waals surface area contributed by atoms with Crippen molar-refractivity contribution in [1.82, 2.24) is 10.3 Å². The highest BCUT2D eigenvalue weighted by Crippen LogP contribution is 2.37. The first-order chi connectivity index (χ1) is 8.55. The lowest BCUT2D eigenvalue weighted by Gasteiger charge is -2.37. The Morgan fingerprint density at radius 1 is 1.72 bits per heavy atom. The van der Waals surface area contributed by atoms with Crippen molar-refractivity contribution in [2.45, 2.75) is 48.6 Å². The Hall–Kier alpha value is -1.01. The van der Waals surface area contributed by atoms with Crippen LogP contribution in [0.2, 0.25) is 0 Å². The van der Waals surface area contributed by atoms with Crippen LogP contribution in [0.3, 0.4) is 0 Å². The predicted octanol–water partition coefficient (Wildman–Crippen LogP) is 1.46. The molecular weight excluding hydrogens is 250 g/mol. The van der Waals surface area contributed by atoms with Crippen LogP contribution in [0, 0.1) is 6.92 Å². The highest BCUT2D eigenvalue weighted by atomic mass is 32.2. The third-order valence-electron chi connectivity index (χ3n) is 3.52. The third-order valence-corrected chi connectivity index (χ3v) is 4.65. The summed E-state index contributed by atoms with van der Waals surface area (Å²) in [5, 5.41) is 4.09. The summed E-state index contributed by atoms with van der Waals surface area (Å²) in [5.41, 5.74) is 5.83. The maximum absolute atomic E-state index is 11.6. The number of nitrogens with zero attached hydrogens (tertiary/aromatic N) is 1. The van der Waals surface area contributed by atoms with Gasteiger partial charge in [-0.05, 0) is 39.7 Å². The molecule has 2 atom stereocenters. The highest BCUT2D eigenvalue weighted by Gasteiger charge is 2.40. The zero-order chi connectivity index (χ0) is 13.2. The van der Waals surface area contributed by atoms with Crippen LogP contribution in [0.4, 0.5) is 0 Å². The Morgan fingerprint density at radius 2 is 2.50 bits per heavy atom. The predicted molar refractivity (Wildman–Crippen MR) is 70.3 cm³/mol. The van der Waals surface area contributed by atoms with Gasteiger partial charge >= 0.3 is 0 Å². The van der Waals surface area contributed by atoms with E-state index in [0.29, 0.717) is 10.5 Å². The summed E-state index contributed by atoms with van der Waals surface area (Å²) in [4.78, 5) is 15.9. The Bertz CT molecular complexity index is 435. The lowest BCUT2D eigenvalue weighted by Crippen LogP contribution is -2.57. The van der Waals surface area contributed by atoms with Crippen molar-refractivity contribution in [2.24, 2.45) is 5.73 Å². The SMILES string of the molecule is CNC1(C(N)=O)CCCC(Sc2nc(C)co2)C1. The minimum atomic E-state index is -0.572. The number of oxazole rings is 1. The number of rotatable bonds is 4. The number of hydrogen-bond donors (Lipinski definition) is 2. The number of thioether (sulfide) groups is 1. The van der Waals surface area contributed by atoms with Crippen LogP contribution in [0.5, 0.6) is 0 Å². The summed E-state index contributed by atoms with van der Waals surface area (Å²) >= 11 is 1.59. The summed E-state index contributed by atoms with van der Waals surface area (Å²) in [6.07, 6.45) is 5.22. The zero-order valence-electron chi connectivity index (χ0n) is 10.7. The lowest BCUT2D eigenvalue weighted by atomic mass is 9.81. The van der Waals surface area contributed by atoms with E-state index >= 15 is 0 Å². The van der Waals surface area contributed by atoms with Gasteiger partial charge in [0.25, 0.3) is 5.22 Å². The van der Waals surface area contributed by atoms with Gasteiger partial charge in [-0.1, -0.05) is 11.8 Å². The molecule has 1 aromatic rings. The largest absolute Gasteiger partial charge is 0.440 e. The van der Waals surface area contributed by atoms with Crippen LogP contribution >= 0.6 is 11.8 Å². The number of carbonyl (C=O) groups is 1. The minimum absolute atomic E-state index is 0.265. The summed E-state index contributed by atoms with van der Waals surface area (Å²) < 4.78 is 5.34. The Morgan fingerprint density at radius 3 is 3.06 bits per heavy atom. The van der Waals surface area contributed by atoms with Crippen molar-refractivity contribution < 1.29 is 9.21 Å². The molecule has 0 bridgehead atoms. The molecule has 0 spiro atoms. The van der Waals surface area contributed by atoms with Gasteiger partial charge in [0.1, 0.15) is 6.26 Å². The molecule has 3 N–H and O–H groups in total. The molecule has 6 heteroatoms. The molecule has 100 valence electrons. The van der Waals surface area contributed by atoms with E-state index in [-0.39, 0.29) is 5.91 Å². The van der Waals surface area contributed by atoms with Crippen molar-refractivity contribution in [1.29, 1.82) is 0 Å². The molecule has 0 radical (unpaired) electrons. The fourth-order valence-corrected chi connectivity index (χ4v) is 3.67. The van der Waals surface area contributed by atoms with Gasteiger partial charge in [0, 0.05) is 5.25 Å².